The Kier molecular flexibility index (Phi) is 6.71. The molecule has 1 amide bonds. The highest BCUT2D eigenvalue weighted by Gasteiger charge is 2.10. The highest BCUT2D eigenvalue weighted by atomic mass is 35.5. The average molecular weight is 362 g/mol. The van der Waals surface area contributed by atoms with Crippen molar-refractivity contribution < 1.29 is 19.0 Å². The molecule has 0 aliphatic carbocycles. The first kappa shape index (κ1) is 18.7. The minimum atomic E-state index is -0.239. The summed E-state index contributed by atoms with van der Waals surface area (Å²) in [4.78, 5) is 12.0. The molecule has 0 atom stereocenters. The number of amides is 1. The molecule has 0 saturated heterocycles. The van der Waals surface area contributed by atoms with E-state index in [4.69, 9.17) is 25.8 Å². The normalized spacial score (nSPS) is 10.6. The van der Waals surface area contributed by atoms with Gasteiger partial charge in [0.25, 0.3) is 0 Å². The zero-order valence-electron chi connectivity index (χ0n) is 14.3. The molecule has 6 heteroatoms. The lowest BCUT2D eigenvalue weighted by molar-refractivity contribution is -0.116. The van der Waals surface area contributed by atoms with Crippen LogP contribution in [0.2, 0.25) is 5.02 Å². The Morgan fingerprint density at radius 1 is 1.04 bits per heavy atom. The van der Waals surface area contributed by atoms with Crippen molar-refractivity contribution >= 4 is 23.6 Å². The smallest absolute Gasteiger partial charge is 0.244 e. The molecule has 0 bridgehead atoms. The Hall–Kier alpha value is -2.66. The number of carbonyl (C=O) groups is 1. The number of nitrogens with one attached hydrogen (secondary N) is 1. The van der Waals surface area contributed by atoms with Crippen LogP contribution < -0.4 is 19.5 Å². The minimum absolute atomic E-state index is 0.239. The van der Waals surface area contributed by atoms with Gasteiger partial charge in [-0.3, -0.25) is 4.79 Å². The summed E-state index contributed by atoms with van der Waals surface area (Å²) in [6.45, 7) is 0.353. The Labute approximate surface area is 152 Å². The van der Waals surface area contributed by atoms with E-state index in [1.165, 1.54) is 6.08 Å². The number of hydrogen-bond donors (Lipinski definition) is 1. The van der Waals surface area contributed by atoms with E-state index >= 15 is 0 Å². The van der Waals surface area contributed by atoms with Gasteiger partial charge in [-0.2, -0.15) is 0 Å². The second kappa shape index (κ2) is 8.99. The molecule has 0 aromatic heterocycles. The lowest BCUT2D eigenvalue weighted by Crippen LogP contribution is -2.20. The van der Waals surface area contributed by atoms with Crippen LogP contribution in [0, 0.1) is 0 Å². The van der Waals surface area contributed by atoms with Crippen LogP contribution in [0.25, 0.3) is 6.08 Å². The van der Waals surface area contributed by atoms with Gasteiger partial charge in [-0.15, -0.1) is 0 Å². The zero-order chi connectivity index (χ0) is 18.2. The van der Waals surface area contributed by atoms with Crippen molar-refractivity contribution in [3.63, 3.8) is 0 Å². The van der Waals surface area contributed by atoms with Gasteiger partial charge in [0.05, 0.1) is 21.3 Å². The van der Waals surface area contributed by atoms with Crippen LogP contribution in [0.15, 0.2) is 42.5 Å². The number of halogens is 1. The van der Waals surface area contributed by atoms with E-state index < -0.39 is 0 Å². The predicted molar refractivity (Wildman–Crippen MR) is 98.4 cm³/mol. The van der Waals surface area contributed by atoms with Crippen molar-refractivity contribution in [2.24, 2.45) is 0 Å². The van der Waals surface area contributed by atoms with Gasteiger partial charge in [-0.1, -0.05) is 29.8 Å². The molecule has 1 N–H and O–H groups in total. The maximum absolute atomic E-state index is 12.0. The number of carbonyl (C=O) groups excluding carboxylic acids is 1. The summed E-state index contributed by atoms with van der Waals surface area (Å²) in [6, 6.07) is 10.8. The van der Waals surface area contributed by atoms with E-state index in [2.05, 4.69) is 5.32 Å². The van der Waals surface area contributed by atoms with Crippen LogP contribution in [0.4, 0.5) is 0 Å². The summed E-state index contributed by atoms with van der Waals surface area (Å²) in [5.74, 6) is 1.45. The fourth-order valence-electron chi connectivity index (χ4n) is 2.23. The van der Waals surface area contributed by atoms with Crippen LogP contribution in [-0.2, 0) is 11.3 Å². The lowest BCUT2D eigenvalue weighted by atomic mass is 10.1. The van der Waals surface area contributed by atoms with E-state index in [0.29, 0.717) is 34.4 Å². The Morgan fingerprint density at radius 2 is 1.68 bits per heavy atom. The van der Waals surface area contributed by atoms with Crippen molar-refractivity contribution in [2.45, 2.75) is 6.54 Å². The summed E-state index contributed by atoms with van der Waals surface area (Å²) < 4.78 is 15.8. The van der Waals surface area contributed by atoms with Crippen molar-refractivity contribution in [3.05, 3.63) is 58.6 Å². The van der Waals surface area contributed by atoms with E-state index in [0.717, 1.165) is 5.56 Å². The van der Waals surface area contributed by atoms with E-state index in [9.17, 15) is 4.79 Å². The molecule has 0 radical (unpaired) electrons. The van der Waals surface area contributed by atoms with Crippen LogP contribution >= 0.6 is 11.6 Å². The minimum Gasteiger partial charge on any atom is -0.496 e. The van der Waals surface area contributed by atoms with Crippen molar-refractivity contribution in [1.82, 2.24) is 5.32 Å². The maximum Gasteiger partial charge on any atom is 0.244 e. The van der Waals surface area contributed by atoms with Gasteiger partial charge in [-0.25, -0.2) is 0 Å². The summed E-state index contributed by atoms with van der Waals surface area (Å²) >= 11 is 6.07. The second-order valence-corrected chi connectivity index (χ2v) is 5.50. The van der Waals surface area contributed by atoms with Gasteiger partial charge in [0.1, 0.15) is 5.75 Å². The van der Waals surface area contributed by atoms with Crippen molar-refractivity contribution in [1.29, 1.82) is 0 Å². The van der Waals surface area contributed by atoms with Crippen molar-refractivity contribution in [2.75, 3.05) is 21.3 Å². The third-order valence-electron chi connectivity index (χ3n) is 3.56. The van der Waals surface area contributed by atoms with Crippen LogP contribution in [0.5, 0.6) is 17.2 Å². The molecule has 132 valence electrons. The highest BCUT2D eigenvalue weighted by molar-refractivity contribution is 6.31. The summed E-state index contributed by atoms with van der Waals surface area (Å²) in [6.07, 6.45) is 3.09. The molecule has 0 saturated carbocycles. The molecule has 5 nitrogen and oxygen atoms in total. The van der Waals surface area contributed by atoms with Crippen LogP contribution in [0.3, 0.4) is 0 Å². The fraction of sp³-hybridized carbons (Fsp3) is 0.211. The Morgan fingerprint density at radius 3 is 2.32 bits per heavy atom. The third kappa shape index (κ3) is 4.90. The Balaban J connectivity index is 2.10. The molecular weight excluding hydrogens is 342 g/mol. The standard InChI is InChI=1S/C19H20ClNO4/c1-23-16-11-18(25-3)17(24-2)10-13(16)8-9-19(22)21-12-14-6-4-5-7-15(14)20/h4-11H,12H2,1-3H3,(H,21,22)/b9-8+. The number of benzene rings is 2. The SMILES string of the molecule is COc1cc(OC)c(OC)cc1/C=C/C(=O)NCc1ccccc1Cl. The van der Waals surface area contributed by atoms with Gasteiger partial charge in [-0.05, 0) is 23.8 Å². The highest BCUT2D eigenvalue weighted by Crippen LogP contribution is 2.35. The predicted octanol–water partition coefficient (Wildman–Crippen LogP) is 3.70. The molecular formula is C19H20ClNO4. The van der Waals surface area contributed by atoms with Crippen molar-refractivity contribution in [3.8, 4) is 17.2 Å². The first-order chi connectivity index (χ1) is 12.1. The third-order valence-corrected chi connectivity index (χ3v) is 3.93. The molecule has 0 aliphatic heterocycles. The molecule has 0 aliphatic rings. The fourth-order valence-corrected chi connectivity index (χ4v) is 2.43. The monoisotopic (exact) mass is 361 g/mol. The second-order valence-electron chi connectivity index (χ2n) is 5.09. The topological polar surface area (TPSA) is 56.8 Å². The number of methoxy groups -OCH3 is 3. The maximum atomic E-state index is 12.0. The lowest BCUT2D eigenvalue weighted by Gasteiger charge is -2.12. The van der Waals surface area contributed by atoms with Crippen LogP contribution in [-0.4, -0.2) is 27.2 Å². The van der Waals surface area contributed by atoms with Gasteiger partial charge < -0.3 is 19.5 Å². The summed E-state index contributed by atoms with van der Waals surface area (Å²) in [5, 5.41) is 3.41. The molecule has 0 heterocycles. The average Bonchev–Trinajstić information content (AvgIpc) is 2.64. The van der Waals surface area contributed by atoms with Gasteiger partial charge in [0, 0.05) is 29.3 Å². The molecule has 0 unspecified atom stereocenters. The quantitative estimate of drug-likeness (QED) is 0.764. The number of rotatable bonds is 7. The largest absolute Gasteiger partial charge is 0.496 e. The molecule has 2 aromatic carbocycles. The van der Waals surface area contributed by atoms with Gasteiger partial charge in [0.15, 0.2) is 11.5 Å². The zero-order valence-corrected chi connectivity index (χ0v) is 15.1. The van der Waals surface area contributed by atoms with E-state index in [1.807, 2.05) is 18.2 Å². The Bertz CT molecular complexity index is 774. The molecule has 2 rings (SSSR count). The van der Waals surface area contributed by atoms with Gasteiger partial charge in [0.2, 0.25) is 5.91 Å². The van der Waals surface area contributed by atoms with E-state index in [-0.39, 0.29) is 5.91 Å². The molecule has 0 fully saturated rings. The first-order valence-electron chi connectivity index (χ1n) is 7.58. The number of hydrogen-bond acceptors (Lipinski definition) is 4. The number of ether oxygens (including phenoxy) is 3. The first-order valence-corrected chi connectivity index (χ1v) is 7.96. The molecule has 2 aromatic rings. The molecule has 0 spiro atoms. The summed E-state index contributed by atoms with van der Waals surface area (Å²) in [7, 11) is 4.65. The summed E-state index contributed by atoms with van der Waals surface area (Å²) in [5.41, 5.74) is 1.56. The van der Waals surface area contributed by atoms with Crippen LogP contribution in [0.1, 0.15) is 11.1 Å². The van der Waals surface area contributed by atoms with E-state index in [1.54, 1.807) is 45.6 Å². The molecule has 25 heavy (non-hydrogen) atoms. The van der Waals surface area contributed by atoms with Gasteiger partial charge >= 0.3 is 0 Å².